The number of hydrogen-bond donors (Lipinski definition) is 0. The summed E-state index contributed by atoms with van der Waals surface area (Å²) in [5.41, 5.74) is 0.403. The van der Waals surface area contributed by atoms with E-state index in [2.05, 4.69) is 4.90 Å². The van der Waals surface area contributed by atoms with Crippen LogP contribution in [0.2, 0.25) is 10.0 Å². The highest BCUT2D eigenvalue weighted by molar-refractivity contribution is 6.35. The summed E-state index contributed by atoms with van der Waals surface area (Å²) in [4.78, 5) is 14.1. The molecule has 0 aromatic heterocycles. The van der Waals surface area contributed by atoms with Crippen LogP contribution in [0.4, 0.5) is 0 Å². The van der Waals surface area contributed by atoms with E-state index >= 15 is 0 Å². The summed E-state index contributed by atoms with van der Waals surface area (Å²) in [5.74, 6) is -0.361. The van der Waals surface area contributed by atoms with E-state index in [9.17, 15) is 4.79 Å². The Kier molecular flexibility index (Phi) is 4.49. The Bertz CT molecular complexity index is 430. The Morgan fingerprint density at radius 2 is 2.00 bits per heavy atom. The summed E-state index contributed by atoms with van der Waals surface area (Å²) >= 11 is 11.7. The van der Waals surface area contributed by atoms with Gasteiger partial charge >= 0.3 is 5.97 Å². The molecule has 1 atom stereocenters. The molecule has 1 fully saturated rings. The molecule has 1 aliphatic rings. The smallest absolute Gasteiger partial charge is 0.338 e. The van der Waals surface area contributed by atoms with Gasteiger partial charge in [0, 0.05) is 16.6 Å². The third-order valence-electron chi connectivity index (χ3n) is 2.95. The van der Waals surface area contributed by atoms with Crippen molar-refractivity contribution in [1.29, 1.82) is 0 Å². The van der Waals surface area contributed by atoms with Gasteiger partial charge in [-0.15, -0.1) is 0 Å². The van der Waals surface area contributed by atoms with Crippen LogP contribution in [0.1, 0.15) is 23.2 Å². The van der Waals surface area contributed by atoms with Gasteiger partial charge in [0.05, 0.1) is 5.56 Å². The maximum absolute atomic E-state index is 12.0. The maximum Gasteiger partial charge on any atom is 0.338 e. The number of likely N-dealkylation sites (tertiary alicyclic amines) is 1. The van der Waals surface area contributed by atoms with Gasteiger partial charge < -0.3 is 9.64 Å². The van der Waals surface area contributed by atoms with Crippen LogP contribution in [0.3, 0.4) is 0 Å². The van der Waals surface area contributed by atoms with Crippen LogP contribution in [-0.2, 0) is 4.74 Å². The van der Waals surface area contributed by atoms with Crippen molar-refractivity contribution in [2.75, 3.05) is 20.1 Å². The minimum atomic E-state index is -0.361. The van der Waals surface area contributed by atoms with Gasteiger partial charge in [0.25, 0.3) is 0 Å². The lowest BCUT2D eigenvalue weighted by Crippen LogP contribution is -2.38. The molecule has 0 radical (unpaired) electrons. The fourth-order valence-electron chi connectivity index (χ4n) is 2.11. The van der Waals surface area contributed by atoms with Crippen LogP contribution in [0, 0.1) is 0 Å². The molecule has 0 amide bonds. The molecule has 0 aliphatic carbocycles. The van der Waals surface area contributed by atoms with Gasteiger partial charge in [-0.1, -0.05) is 23.2 Å². The van der Waals surface area contributed by atoms with Crippen LogP contribution in [0.5, 0.6) is 0 Å². The summed E-state index contributed by atoms with van der Waals surface area (Å²) < 4.78 is 5.46. The van der Waals surface area contributed by atoms with Gasteiger partial charge in [0.2, 0.25) is 0 Å². The summed E-state index contributed by atoms with van der Waals surface area (Å²) in [6.07, 6.45) is 1.91. The number of carbonyl (C=O) groups excluding carboxylic acids is 1. The lowest BCUT2D eigenvalue weighted by Gasteiger charge is -2.29. The number of hydrogen-bond acceptors (Lipinski definition) is 3. The number of ether oxygens (including phenoxy) is 1. The molecule has 0 N–H and O–H groups in total. The molecule has 1 aromatic rings. The molecule has 0 unspecified atom stereocenters. The van der Waals surface area contributed by atoms with Crippen molar-refractivity contribution in [1.82, 2.24) is 4.90 Å². The highest BCUT2D eigenvalue weighted by Gasteiger charge is 2.21. The Morgan fingerprint density at radius 1 is 1.33 bits per heavy atom. The molecule has 98 valence electrons. The monoisotopic (exact) mass is 287 g/mol. The third-order valence-corrected chi connectivity index (χ3v) is 3.39. The second-order valence-corrected chi connectivity index (χ2v) is 5.46. The van der Waals surface area contributed by atoms with Crippen molar-refractivity contribution in [2.45, 2.75) is 18.9 Å². The first kappa shape index (κ1) is 13.7. The zero-order chi connectivity index (χ0) is 13.1. The summed E-state index contributed by atoms with van der Waals surface area (Å²) in [5, 5.41) is 0.880. The van der Waals surface area contributed by atoms with Crippen molar-refractivity contribution >= 4 is 29.2 Å². The molecule has 1 heterocycles. The van der Waals surface area contributed by atoms with Gasteiger partial charge in [-0.3, -0.25) is 0 Å². The average molecular weight is 288 g/mol. The highest BCUT2D eigenvalue weighted by Crippen LogP contribution is 2.21. The normalized spacial score (nSPS) is 20.7. The SMILES string of the molecule is CN1CCC[C@H](OC(=O)c2cc(Cl)cc(Cl)c2)C1. The quantitative estimate of drug-likeness (QED) is 0.782. The average Bonchev–Trinajstić information content (AvgIpc) is 2.27. The molecule has 18 heavy (non-hydrogen) atoms. The zero-order valence-corrected chi connectivity index (χ0v) is 11.7. The summed E-state index contributed by atoms with van der Waals surface area (Å²) in [6, 6.07) is 4.74. The predicted octanol–water partition coefficient (Wildman–Crippen LogP) is 3.24. The number of rotatable bonds is 2. The number of esters is 1. The van der Waals surface area contributed by atoms with E-state index in [4.69, 9.17) is 27.9 Å². The molecule has 1 aromatic carbocycles. The molecule has 0 bridgehead atoms. The van der Waals surface area contributed by atoms with Crippen LogP contribution >= 0.6 is 23.2 Å². The molecule has 5 heteroatoms. The second kappa shape index (κ2) is 5.91. The van der Waals surface area contributed by atoms with Crippen LogP contribution in [-0.4, -0.2) is 37.1 Å². The molecular weight excluding hydrogens is 273 g/mol. The Morgan fingerprint density at radius 3 is 2.61 bits per heavy atom. The zero-order valence-electron chi connectivity index (χ0n) is 10.2. The van der Waals surface area contributed by atoms with Gasteiger partial charge in [0.15, 0.2) is 0 Å². The number of benzene rings is 1. The van der Waals surface area contributed by atoms with Gasteiger partial charge in [-0.05, 0) is 44.6 Å². The van der Waals surface area contributed by atoms with E-state index in [1.165, 1.54) is 0 Å². The molecule has 1 aliphatic heterocycles. The van der Waals surface area contributed by atoms with Crippen molar-refractivity contribution in [3.8, 4) is 0 Å². The fraction of sp³-hybridized carbons (Fsp3) is 0.462. The third kappa shape index (κ3) is 3.61. The van der Waals surface area contributed by atoms with Crippen LogP contribution in [0.15, 0.2) is 18.2 Å². The Hall–Kier alpha value is -0.770. The summed E-state index contributed by atoms with van der Waals surface area (Å²) in [6.45, 7) is 1.83. The maximum atomic E-state index is 12.0. The largest absolute Gasteiger partial charge is 0.457 e. The summed E-state index contributed by atoms with van der Waals surface area (Å²) in [7, 11) is 2.02. The van der Waals surface area contributed by atoms with Crippen molar-refractivity contribution in [3.63, 3.8) is 0 Å². The Balaban J connectivity index is 2.02. The standard InChI is InChI=1S/C13H15Cl2NO2/c1-16-4-2-3-12(8-16)18-13(17)9-5-10(14)7-11(15)6-9/h5-7,12H,2-4,8H2,1H3/t12-/m0/s1. The van der Waals surface area contributed by atoms with Crippen LogP contribution in [0.25, 0.3) is 0 Å². The van der Waals surface area contributed by atoms with Gasteiger partial charge in [0.1, 0.15) is 6.10 Å². The van der Waals surface area contributed by atoms with Crippen molar-refractivity contribution in [2.24, 2.45) is 0 Å². The van der Waals surface area contributed by atoms with Crippen molar-refractivity contribution in [3.05, 3.63) is 33.8 Å². The van der Waals surface area contributed by atoms with Gasteiger partial charge in [-0.2, -0.15) is 0 Å². The number of carbonyl (C=O) groups is 1. The first-order chi connectivity index (χ1) is 8.54. The van der Waals surface area contributed by atoms with E-state index in [0.717, 1.165) is 25.9 Å². The molecule has 1 saturated heterocycles. The molecule has 0 spiro atoms. The highest BCUT2D eigenvalue weighted by atomic mass is 35.5. The molecule has 0 saturated carbocycles. The number of nitrogens with zero attached hydrogens (tertiary/aromatic N) is 1. The molecular formula is C13H15Cl2NO2. The molecule has 2 rings (SSSR count). The van der Waals surface area contributed by atoms with Crippen LogP contribution < -0.4 is 0 Å². The molecule has 3 nitrogen and oxygen atoms in total. The fourth-order valence-corrected chi connectivity index (χ4v) is 2.63. The minimum Gasteiger partial charge on any atom is -0.457 e. The first-order valence-electron chi connectivity index (χ1n) is 5.90. The van der Waals surface area contributed by atoms with Gasteiger partial charge in [-0.25, -0.2) is 4.79 Å². The number of likely N-dealkylation sites (N-methyl/N-ethyl adjacent to an activating group) is 1. The van der Waals surface area contributed by atoms with E-state index in [1.54, 1.807) is 18.2 Å². The van der Waals surface area contributed by atoms with E-state index in [0.29, 0.717) is 15.6 Å². The second-order valence-electron chi connectivity index (χ2n) is 4.59. The minimum absolute atomic E-state index is 0.0472. The lowest BCUT2D eigenvalue weighted by molar-refractivity contribution is 0.0108. The first-order valence-corrected chi connectivity index (χ1v) is 6.66. The Labute approximate surface area is 117 Å². The van der Waals surface area contributed by atoms with E-state index in [-0.39, 0.29) is 12.1 Å². The van der Waals surface area contributed by atoms with E-state index in [1.807, 2.05) is 7.05 Å². The lowest BCUT2D eigenvalue weighted by atomic mass is 10.1. The van der Waals surface area contributed by atoms with Crippen molar-refractivity contribution < 1.29 is 9.53 Å². The predicted molar refractivity (Wildman–Crippen MR) is 72.4 cm³/mol. The number of piperidine rings is 1. The van der Waals surface area contributed by atoms with E-state index < -0.39 is 0 Å². The topological polar surface area (TPSA) is 29.5 Å². The number of halogens is 2.